The Morgan fingerprint density at radius 2 is 2.00 bits per heavy atom. The molecule has 1 atom stereocenters. The van der Waals surface area contributed by atoms with E-state index in [9.17, 15) is 24.3 Å². The monoisotopic (exact) mass is 368 g/mol. The molecule has 2 heterocycles. The number of rotatable bonds is 4. The Kier molecular flexibility index (Phi) is 5.26. The van der Waals surface area contributed by atoms with E-state index in [2.05, 4.69) is 0 Å². The van der Waals surface area contributed by atoms with E-state index in [0.29, 0.717) is 0 Å². The fourth-order valence-corrected chi connectivity index (χ4v) is 3.64. The van der Waals surface area contributed by atoms with Gasteiger partial charge in [-0.05, 0) is 20.8 Å². The average Bonchev–Trinajstić information content (AvgIpc) is 2.47. The molecule has 2 aliphatic rings. The van der Waals surface area contributed by atoms with Gasteiger partial charge in [-0.2, -0.15) is 0 Å². The molecule has 0 bridgehead atoms. The van der Waals surface area contributed by atoms with E-state index in [1.54, 1.807) is 20.8 Å². The van der Waals surface area contributed by atoms with Crippen molar-refractivity contribution in [3.8, 4) is 0 Å². The lowest BCUT2D eigenvalue weighted by Crippen LogP contribution is -2.58. The minimum Gasteiger partial charge on any atom is -0.543 e. The Hall–Kier alpha value is -2.29. The molecular weight excluding hydrogens is 350 g/mol. The third-order valence-corrected chi connectivity index (χ3v) is 4.58. The van der Waals surface area contributed by atoms with Gasteiger partial charge >= 0.3 is 11.9 Å². The number of carboxylic acid groups (broad SMARTS) is 1. The third-order valence-electron chi connectivity index (χ3n) is 3.28. The van der Waals surface area contributed by atoms with Crippen molar-refractivity contribution in [3.05, 3.63) is 22.9 Å². The Morgan fingerprint density at radius 1 is 1.36 bits per heavy atom. The van der Waals surface area contributed by atoms with Crippen molar-refractivity contribution < 1.29 is 33.8 Å². The van der Waals surface area contributed by atoms with Crippen molar-refractivity contribution in [2.75, 3.05) is 12.4 Å². The SMILES string of the molecule is CC(=O)OCC1=C(C(=O)[O-])N2C(=O)/C(=C/C(=O)OC(C)(C)C)[C@H]2SC1. The van der Waals surface area contributed by atoms with E-state index in [1.165, 1.54) is 18.7 Å². The Bertz CT molecular complexity index is 702. The van der Waals surface area contributed by atoms with E-state index in [4.69, 9.17) is 9.47 Å². The van der Waals surface area contributed by atoms with Gasteiger partial charge in [0, 0.05) is 24.3 Å². The lowest BCUT2D eigenvalue weighted by Gasteiger charge is -2.47. The van der Waals surface area contributed by atoms with Gasteiger partial charge in [0.15, 0.2) is 0 Å². The van der Waals surface area contributed by atoms with Gasteiger partial charge in [-0.1, -0.05) is 0 Å². The van der Waals surface area contributed by atoms with Crippen LogP contribution < -0.4 is 5.11 Å². The van der Waals surface area contributed by atoms with Gasteiger partial charge in [0.25, 0.3) is 5.91 Å². The van der Waals surface area contributed by atoms with Crippen LogP contribution in [0.4, 0.5) is 0 Å². The second kappa shape index (κ2) is 6.91. The number of carbonyl (C=O) groups is 4. The first-order valence-electron chi connectivity index (χ1n) is 7.47. The molecule has 2 aliphatic heterocycles. The van der Waals surface area contributed by atoms with E-state index in [-0.39, 0.29) is 29.2 Å². The van der Waals surface area contributed by atoms with Crippen LogP contribution in [0.5, 0.6) is 0 Å². The Labute approximate surface area is 148 Å². The number of nitrogens with zero attached hydrogens (tertiary/aromatic N) is 1. The van der Waals surface area contributed by atoms with Crippen molar-refractivity contribution in [2.45, 2.75) is 38.7 Å². The fraction of sp³-hybridized carbons (Fsp3) is 0.500. The van der Waals surface area contributed by atoms with Crippen molar-refractivity contribution in [3.63, 3.8) is 0 Å². The number of carbonyl (C=O) groups excluding carboxylic acids is 4. The molecule has 0 aliphatic carbocycles. The summed E-state index contributed by atoms with van der Waals surface area (Å²) < 4.78 is 9.96. The average molecular weight is 368 g/mol. The number of hydrogen-bond acceptors (Lipinski definition) is 8. The second-order valence-corrected chi connectivity index (χ2v) is 7.56. The van der Waals surface area contributed by atoms with Gasteiger partial charge in [-0.3, -0.25) is 14.5 Å². The predicted octanol–water partition coefficient (Wildman–Crippen LogP) is -0.263. The molecule has 0 unspecified atom stereocenters. The van der Waals surface area contributed by atoms with Gasteiger partial charge in [0.2, 0.25) is 0 Å². The summed E-state index contributed by atoms with van der Waals surface area (Å²) in [6, 6.07) is 0. The van der Waals surface area contributed by atoms with E-state index in [1.807, 2.05) is 0 Å². The molecule has 1 fully saturated rings. The minimum absolute atomic E-state index is 0.171. The lowest BCUT2D eigenvalue weighted by atomic mass is 10.0. The van der Waals surface area contributed by atoms with Gasteiger partial charge in [0.1, 0.15) is 17.6 Å². The van der Waals surface area contributed by atoms with E-state index < -0.39 is 34.8 Å². The summed E-state index contributed by atoms with van der Waals surface area (Å²) in [6.07, 6.45) is 1.09. The molecule has 136 valence electrons. The summed E-state index contributed by atoms with van der Waals surface area (Å²) in [5.74, 6) is -3.13. The van der Waals surface area contributed by atoms with Crippen LogP contribution in [0, 0.1) is 0 Å². The molecule has 0 N–H and O–H groups in total. The van der Waals surface area contributed by atoms with Crippen molar-refractivity contribution >= 4 is 35.6 Å². The number of β-lactam (4-membered cyclic amide) rings is 1. The maximum Gasteiger partial charge on any atom is 0.331 e. The van der Waals surface area contributed by atoms with Gasteiger partial charge in [-0.15, -0.1) is 11.8 Å². The molecule has 8 nitrogen and oxygen atoms in total. The van der Waals surface area contributed by atoms with Crippen LogP contribution in [0.1, 0.15) is 27.7 Å². The third kappa shape index (κ3) is 4.22. The maximum absolute atomic E-state index is 12.3. The number of thioether (sulfide) groups is 1. The van der Waals surface area contributed by atoms with E-state index >= 15 is 0 Å². The molecule has 0 radical (unpaired) electrons. The quantitative estimate of drug-likeness (QED) is 0.379. The minimum atomic E-state index is -1.53. The molecule has 9 heteroatoms. The molecule has 25 heavy (non-hydrogen) atoms. The number of carboxylic acids is 1. The van der Waals surface area contributed by atoms with Crippen molar-refractivity contribution in [1.29, 1.82) is 0 Å². The highest BCUT2D eigenvalue weighted by molar-refractivity contribution is 8.00. The summed E-state index contributed by atoms with van der Waals surface area (Å²) in [7, 11) is 0. The highest BCUT2D eigenvalue weighted by atomic mass is 32.2. The summed E-state index contributed by atoms with van der Waals surface area (Å²) in [6.45, 7) is 6.07. The maximum atomic E-state index is 12.3. The largest absolute Gasteiger partial charge is 0.543 e. The summed E-state index contributed by atoms with van der Waals surface area (Å²) in [5, 5.41) is 10.8. The molecule has 2 rings (SSSR count). The topological polar surface area (TPSA) is 113 Å². The summed E-state index contributed by atoms with van der Waals surface area (Å²) in [5.41, 5.74) is -0.560. The highest BCUT2D eigenvalue weighted by Crippen LogP contribution is 2.43. The number of esters is 2. The first-order chi connectivity index (χ1) is 11.5. The van der Waals surface area contributed by atoms with Gasteiger partial charge in [-0.25, -0.2) is 4.79 Å². The van der Waals surface area contributed by atoms with Crippen LogP contribution >= 0.6 is 11.8 Å². The zero-order valence-electron chi connectivity index (χ0n) is 14.3. The molecule has 0 aromatic rings. The van der Waals surface area contributed by atoms with Gasteiger partial charge in [0.05, 0.1) is 17.2 Å². The second-order valence-electron chi connectivity index (χ2n) is 6.49. The number of hydrogen-bond donors (Lipinski definition) is 0. The summed E-state index contributed by atoms with van der Waals surface area (Å²) >= 11 is 1.25. The zero-order chi connectivity index (χ0) is 18.9. The zero-order valence-corrected chi connectivity index (χ0v) is 15.1. The number of amides is 1. The number of ether oxygens (including phenoxy) is 2. The first kappa shape index (κ1) is 19.0. The molecule has 1 amide bonds. The predicted molar refractivity (Wildman–Crippen MR) is 85.7 cm³/mol. The molecule has 0 aromatic heterocycles. The normalized spacial score (nSPS) is 21.6. The van der Waals surface area contributed by atoms with Crippen LogP contribution in [-0.4, -0.2) is 52.0 Å². The molecule has 0 spiro atoms. The molecule has 1 saturated heterocycles. The first-order valence-corrected chi connectivity index (χ1v) is 8.52. The Balaban J connectivity index is 2.22. The van der Waals surface area contributed by atoms with Crippen molar-refractivity contribution in [1.82, 2.24) is 4.90 Å². The molecule has 0 aromatic carbocycles. The van der Waals surface area contributed by atoms with Crippen LogP contribution in [0.15, 0.2) is 22.9 Å². The smallest absolute Gasteiger partial charge is 0.331 e. The lowest BCUT2D eigenvalue weighted by molar-refractivity contribution is -0.301. The number of aliphatic carboxylic acids is 1. The van der Waals surface area contributed by atoms with E-state index in [0.717, 1.165) is 11.0 Å². The van der Waals surface area contributed by atoms with Crippen LogP contribution in [0.3, 0.4) is 0 Å². The standard InChI is InChI=1S/C16H19NO7S/c1-8(18)23-6-9-7-25-14-10(5-11(19)24-16(2,3)4)13(20)17(14)12(9)15(21)22/h5,14H,6-7H2,1-4H3,(H,21,22)/p-1/b10-5-/t14-/m1/s1. The van der Waals surface area contributed by atoms with Gasteiger partial charge < -0.3 is 19.4 Å². The Morgan fingerprint density at radius 3 is 2.52 bits per heavy atom. The van der Waals surface area contributed by atoms with Crippen LogP contribution in [0.25, 0.3) is 0 Å². The fourth-order valence-electron chi connectivity index (χ4n) is 2.36. The van der Waals surface area contributed by atoms with Crippen LogP contribution in [0.2, 0.25) is 0 Å². The molecular formula is C16H18NO7S-. The number of fused-ring (bicyclic) bond motifs is 1. The highest BCUT2D eigenvalue weighted by Gasteiger charge is 2.48. The molecule has 0 saturated carbocycles. The summed E-state index contributed by atoms with van der Waals surface area (Å²) in [4.78, 5) is 47.6. The van der Waals surface area contributed by atoms with Crippen molar-refractivity contribution in [2.24, 2.45) is 0 Å². The van der Waals surface area contributed by atoms with Crippen LogP contribution in [-0.2, 0) is 28.7 Å².